The van der Waals surface area contributed by atoms with Gasteiger partial charge in [0, 0.05) is 6.07 Å². The van der Waals surface area contributed by atoms with Crippen LogP contribution >= 0.6 is 0 Å². The first-order valence-corrected chi connectivity index (χ1v) is 6.73. The Labute approximate surface area is 104 Å². The van der Waals surface area contributed by atoms with Crippen molar-refractivity contribution < 1.29 is 8.42 Å². The minimum absolute atomic E-state index is 0.155. The van der Waals surface area contributed by atoms with Gasteiger partial charge in [-0.1, -0.05) is 12.1 Å². The molecule has 0 aliphatic carbocycles. The number of sulfonamides is 1. The van der Waals surface area contributed by atoms with Crippen molar-refractivity contribution in [3.8, 4) is 6.07 Å². The van der Waals surface area contributed by atoms with Crippen molar-refractivity contribution in [1.29, 1.82) is 5.26 Å². The first kappa shape index (κ1) is 12.1. The van der Waals surface area contributed by atoms with E-state index in [1.54, 1.807) is 24.3 Å². The SMILES string of the molecule is N#Cc1ccc(CS(=O)(=O)Nc2ccn[nH]2)cc1. The third-order valence-electron chi connectivity index (χ3n) is 2.21. The Kier molecular flexibility index (Phi) is 3.30. The predicted octanol–water partition coefficient (Wildman–Crippen LogP) is 1.22. The Bertz CT molecular complexity index is 654. The molecule has 0 fully saturated rings. The van der Waals surface area contributed by atoms with Crippen LogP contribution in [0, 0.1) is 11.3 Å². The van der Waals surface area contributed by atoms with Crippen LogP contribution in [0.15, 0.2) is 36.5 Å². The van der Waals surface area contributed by atoms with E-state index in [-0.39, 0.29) is 5.75 Å². The third kappa shape index (κ3) is 3.09. The summed E-state index contributed by atoms with van der Waals surface area (Å²) in [6.07, 6.45) is 1.46. The molecule has 18 heavy (non-hydrogen) atoms. The van der Waals surface area contributed by atoms with Gasteiger partial charge in [0.05, 0.1) is 23.6 Å². The van der Waals surface area contributed by atoms with Gasteiger partial charge in [-0.05, 0) is 17.7 Å². The Morgan fingerprint density at radius 1 is 1.28 bits per heavy atom. The molecule has 92 valence electrons. The molecule has 0 amide bonds. The van der Waals surface area contributed by atoms with Crippen LogP contribution < -0.4 is 4.72 Å². The average molecular weight is 262 g/mol. The molecule has 0 unspecified atom stereocenters. The van der Waals surface area contributed by atoms with E-state index < -0.39 is 10.0 Å². The Morgan fingerprint density at radius 3 is 2.56 bits per heavy atom. The average Bonchev–Trinajstić information content (AvgIpc) is 2.81. The Hall–Kier alpha value is -2.33. The van der Waals surface area contributed by atoms with Crippen LogP contribution in [0.5, 0.6) is 0 Å². The minimum atomic E-state index is -3.48. The molecule has 1 heterocycles. The highest BCUT2D eigenvalue weighted by atomic mass is 32.2. The van der Waals surface area contributed by atoms with Crippen molar-refractivity contribution in [3.05, 3.63) is 47.7 Å². The summed E-state index contributed by atoms with van der Waals surface area (Å²) in [5.41, 5.74) is 1.11. The van der Waals surface area contributed by atoms with Gasteiger partial charge < -0.3 is 0 Å². The van der Waals surface area contributed by atoms with Crippen LogP contribution in [-0.4, -0.2) is 18.6 Å². The van der Waals surface area contributed by atoms with Gasteiger partial charge in [0.15, 0.2) is 0 Å². The van der Waals surface area contributed by atoms with Gasteiger partial charge in [-0.3, -0.25) is 9.82 Å². The van der Waals surface area contributed by atoms with E-state index in [9.17, 15) is 8.42 Å². The van der Waals surface area contributed by atoms with Crippen LogP contribution in [0.2, 0.25) is 0 Å². The molecule has 6 nitrogen and oxygen atoms in total. The summed E-state index contributed by atoms with van der Waals surface area (Å²) < 4.78 is 26.0. The van der Waals surface area contributed by atoms with E-state index in [4.69, 9.17) is 5.26 Å². The van der Waals surface area contributed by atoms with Gasteiger partial charge >= 0.3 is 0 Å². The van der Waals surface area contributed by atoms with E-state index in [1.807, 2.05) is 6.07 Å². The second-order valence-corrected chi connectivity index (χ2v) is 5.36. The van der Waals surface area contributed by atoms with E-state index >= 15 is 0 Å². The van der Waals surface area contributed by atoms with Crippen molar-refractivity contribution in [2.75, 3.05) is 4.72 Å². The number of anilines is 1. The number of benzene rings is 1. The molecule has 2 N–H and O–H groups in total. The zero-order valence-electron chi connectivity index (χ0n) is 9.29. The number of aromatic amines is 1. The van der Waals surface area contributed by atoms with Gasteiger partial charge in [-0.15, -0.1) is 0 Å². The molecule has 2 rings (SSSR count). The highest BCUT2D eigenvalue weighted by Gasteiger charge is 2.12. The van der Waals surface area contributed by atoms with Crippen LogP contribution in [-0.2, 0) is 15.8 Å². The summed E-state index contributed by atoms with van der Waals surface area (Å²) in [6, 6.07) is 9.90. The quantitative estimate of drug-likeness (QED) is 0.865. The molecule has 0 spiro atoms. The van der Waals surface area contributed by atoms with Crippen molar-refractivity contribution in [2.24, 2.45) is 0 Å². The summed E-state index contributed by atoms with van der Waals surface area (Å²) in [5, 5.41) is 14.8. The van der Waals surface area contributed by atoms with Crippen LogP contribution in [0.1, 0.15) is 11.1 Å². The summed E-state index contributed by atoms with van der Waals surface area (Å²) in [4.78, 5) is 0. The van der Waals surface area contributed by atoms with Gasteiger partial charge in [0.25, 0.3) is 0 Å². The summed E-state index contributed by atoms with van der Waals surface area (Å²) in [6.45, 7) is 0. The van der Waals surface area contributed by atoms with E-state index in [0.717, 1.165) is 0 Å². The molecule has 0 saturated carbocycles. The number of H-pyrrole nitrogens is 1. The highest BCUT2D eigenvalue weighted by Crippen LogP contribution is 2.10. The fraction of sp³-hybridized carbons (Fsp3) is 0.0909. The fourth-order valence-electron chi connectivity index (χ4n) is 1.41. The molecule has 0 aliphatic rings. The zero-order chi connectivity index (χ0) is 13.0. The number of nitriles is 1. The standard InChI is InChI=1S/C11H10N4O2S/c12-7-9-1-3-10(4-2-9)8-18(16,17)15-11-5-6-13-14-11/h1-6H,8H2,(H2,13,14,15). The zero-order valence-corrected chi connectivity index (χ0v) is 10.1. The Balaban J connectivity index is 2.10. The molecule has 0 saturated heterocycles. The lowest BCUT2D eigenvalue weighted by Crippen LogP contribution is -2.15. The van der Waals surface area contributed by atoms with E-state index in [2.05, 4.69) is 14.9 Å². The maximum absolute atomic E-state index is 11.8. The smallest absolute Gasteiger partial charge is 0.238 e. The summed E-state index contributed by atoms with van der Waals surface area (Å²) >= 11 is 0. The van der Waals surface area contributed by atoms with Crippen LogP contribution in [0.25, 0.3) is 0 Å². The molecule has 0 aliphatic heterocycles. The number of rotatable bonds is 4. The first-order chi connectivity index (χ1) is 8.59. The first-order valence-electron chi connectivity index (χ1n) is 5.08. The van der Waals surface area contributed by atoms with Crippen molar-refractivity contribution in [2.45, 2.75) is 5.75 Å². The van der Waals surface area contributed by atoms with Gasteiger partial charge in [0.2, 0.25) is 10.0 Å². The van der Waals surface area contributed by atoms with E-state index in [1.165, 1.54) is 12.3 Å². The third-order valence-corrected chi connectivity index (χ3v) is 3.45. The molecule has 1 aromatic carbocycles. The van der Waals surface area contributed by atoms with Gasteiger partial charge in [0.1, 0.15) is 5.82 Å². The molecule has 0 atom stereocenters. The Morgan fingerprint density at radius 2 is 2.00 bits per heavy atom. The molecular weight excluding hydrogens is 252 g/mol. The lowest BCUT2D eigenvalue weighted by molar-refractivity contribution is 0.600. The largest absolute Gasteiger partial charge is 0.267 e. The number of hydrogen-bond acceptors (Lipinski definition) is 4. The van der Waals surface area contributed by atoms with Gasteiger partial charge in [-0.25, -0.2) is 8.42 Å². The minimum Gasteiger partial charge on any atom is -0.267 e. The molecular formula is C11H10N4O2S. The second kappa shape index (κ2) is 4.89. The molecule has 0 bridgehead atoms. The topological polar surface area (TPSA) is 98.6 Å². The number of nitrogens with zero attached hydrogens (tertiary/aromatic N) is 2. The monoisotopic (exact) mass is 262 g/mol. The van der Waals surface area contributed by atoms with Crippen LogP contribution in [0.3, 0.4) is 0 Å². The summed E-state index contributed by atoms with van der Waals surface area (Å²) in [5.74, 6) is 0.168. The molecule has 0 radical (unpaired) electrons. The lowest BCUT2D eigenvalue weighted by atomic mass is 10.2. The lowest BCUT2D eigenvalue weighted by Gasteiger charge is -2.05. The van der Waals surface area contributed by atoms with Crippen molar-refractivity contribution in [1.82, 2.24) is 10.2 Å². The molecule has 2 aromatic rings. The predicted molar refractivity (Wildman–Crippen MR) is 66.0 cm³/mol. The number of hydrogen-bond donors (Lipinski definition) is 2. The van der Waals surface area contributed by atoms with Gasteiger partial charge in [-0.2, -0.15) is 10.4 Å². The number of nitrogens with one attached hydrogen (secondary N) is 2. The summed E-state index contributed by atoms with van der Waals surface area (Å²) in [7, 11) is -3.48. The maximum Gasteiger partial charge on any atom is 0.238 e. The maximum atomic E-state index is 11.8. The molecule has 1 aromatic heterocycles. The van der Waals surface area contributed by atoms with Crippen LogP contribution in [0.4, 0.5) is 5.82 Å². The fourth-order valence-corrected chi connectivity index (χ4v) is 2.56. The normalized spacial score (nSPS) is 10.8. The van der Waals surface area contributed by atoms with E-state index in [0.29, 0.717) is 16.9 Å². The second-order valence-electron chi connectivity index (χ2n) is 3.64. The highest BCUT2D eigenvalue weighted by molar-refractivity contribution is 7.91. The van der Waals surface area contributed by atoms with Crippen molar-refractivity contribution >= 4 is 15.8 Å². The molecule has 7 heteroatoms. The number of aromatic nitrogens is 2. The van der Waals surface area contributed by atoms with Crippen molar-refractivity contribution in [3.63, 3.8) is 0 Å².